The van der Waals surface area contributed by atoms with E-state index in [1.165, 1.54) is 64.5 Å². The summed E-state index contributed by atoms with van der Waals surface area (Å²) in [5.41, 5.74) is 0. The number of hydrogen-bond acceptors (Lipinski definition) is 2. The number of hydrogen-bond donors (Lipinski definition) is 2. The summed E-state index contributed by atoms with van der Waals surface area (Å²) in [6.07, 6.45) is 11.3. The van der Waals surface area contributed by atoms with Gasteiger partial charge in [-0.05, 0) is 51.1 Å². The van der Waals surface area contributed by atoms with Gasteiger partial charge in [-0.1, -0.05) is 26.2 Å². The molecule has 1 atom stereocenters. The van der Waals surface area contributed by atoms with Gasteiger partial charge in [-0.25, -0.2) is 0 Å². The lowest BCUT2D eigenvalue weighted by molar-refractivity contribution is 0.230. The second kappa shape index (κ2) is 6.61. The predicted octanol–water partition coefficient (Wildman–Crippen LogP) is 2.69. The third kappa shape index (κ3) is 3.46. The van der Waals surface area contributed by atoms with Crippen molar-refractivity contribution in [3.05, 3.63) is 0 Å². The molecule has 0 aromatic rings. The first-order chi connectivity index (χ1) is 7.90. The summed E-state index contributed by atoms with van der Waals surface area (Å²) in [6.45, 7) is 4.77. The fraction of sp³-hybridized carbons (Fsp3) is 1.00. The lowest BCUT2D eigenvalue weighted by Gasteiger charge is -2.35. The van der Waals surface area contributed by atoms with Gasteiger partial charge in [0.1, 0.15) is 0 Å². The molecule has 0 bridgehead atoms. The highest BCUT2D eigenvalue weighted by Crippen LogP contribution is 2.28. The van der Waals surface area contributed by atoms with E-state index in [-0.39, 0.29) is 0 Å². The first kappa shape index (κ1) is 12.4. The fourth-order valence-electron chi connectivity index (χ4n) is 3.42. The zero-order chi connectivity index (χ0) is 11.2. The monoisotopic (exact) mass is 224 g/mol. The Kier molecular flexibility index (Phi) is 5.11. The quantitative estimate of drug-likeness (QED) is 0.767. The maximum absolute atomic E-state index is 3.94. The SMILES string of the molecule is CCC(NC1CCNCC1)C1CCCCC1. The van der Waals surface area contributed by atoms with E-state index in [2.05, 4.69) is 17.6 Å². The average Bonchev–Trinajstić information content (AvgIpc) is 2.38. The van der Waals surface area contributed by atoms with Crippen molar-refractivity contribution in [2.45, 2.75) is 70.4 Å². The Morgan fingerprint density at radius 2 is 1.75 bits per heavy atom. The molecule has 0 spiro atoms. The molecule has 2 rings (SSSR count). The molecule has 0 aromatic carbocycles. The van der Waals surface area contributed by atoms with Crippen LogP contribution in [-0.4, -0.2) is 25.2 Å². The van der Waals surface area contributed by atoms with E-state index in [1.54, 1.807) is 0 Å². The van der Waals surface area contributed by atoms with Gasteiger partial charge >= 0.3 is 0 Å². The summed E-state index contributed by atoms with van der Waals surface area (Å²) >= 11 is 0. The van der Waals surface area contributed by atoms with Crippen molar-refractivity contribution in [1.29, 1.82) is 0 Å². The molecule has 0 radical (unpaired) electrons. The van der Waals surface area contributed by atoms with Crippen LogP contribution in [0.25, 0.3) is 0 Å². The Morgan fingerprint density at radius 3 is 2.38 bits per heavy atom. The van der Waals surface area contributed by atoms with E-state index in [4.69, 9.17) is 0 Å². The molecular weight excluding hydrogens is 196 g/mol. The van der Waals surface area contributed by atoms with Crippen molar-refractivity contribution < 1.29 is 0 Å². The van der Waals surface area contributed by atoms with Crippen LogP contribution in [0.2, 0.25) is 0 Å². The van der Waals surface area contributed by atoms with Gasteiger partial charge in [0.15, 0.2) is 0 Å². The highest BCUT2D eigenvalue weighted by molar-refractivity contribution is 4.83. The van der Waals surface area contributed by atoms with Crippen LogP contribution in [0.1, 0.15) is 58.3 Å². The van der Waals surface area contributed by atoms with Crippen LogP contribution in [-0.2, 0) is 0 Å². The number of nitrogens with one attached hydrogen (secondary N) is 2. The van der Waals surface area contributed by atoms with E-state index in [9.17, 15) is 0 Å². The maximum Gasteiger partial charge on any atom is 0.00953 e. The second-order valence-corrected chi connectivity index (χ2v) is 5.60. The first-order valence-electron chi connectivity index (χ1n) is 7.37. The van der Waals surface area contributed by atoms with Crippen LogP contribution in [0.4, 0.5) is 0 Å². The molecule has 16 heavy (non-hydrogen) atoms. The van der Waals surface area contributed by atoms with E-state index in [0.29, 0.717) is 0 Å². The van der Waals surface area contributed by atoms with Crippen LogP contribution < -0.4 is 10.6 Å². The van der Waals surface area contributed by atoms with E-state index >= 15 is 0 Å². The summed E-state index contributed by atoms with van der Waals surface area (Å²) in [7, 11) is 0. The molecule has 2 aliphatic rings. The number of piperidine rings is 1. The third-order valence-electron chi connectivity index (χ3n) is 4.45. The van der Waals surface area contributed by atoms with Crippen LogP contribution in [0, 0.1) is 5.92 Å². The normalized spacial score (nSPS) is 26.8. The van der Waals surface area contributed by atoms with Crippen LogP contribution in [0.3, 0.4) is 0 Å². The Morgan fingerprint density at radius 1 is 1.06 bits per heavy atom. The van der Waals surface area contributed by atoms with Gasteiger partial charge in [0.2, 0.25) is 0 Å². The summed E-state index contributed by atoms with van der Waals surface area (Å²) in [5, 5.41) is 7.38. The molecule has 1 heterocycles. The standard InChI is InChI=1S/C14H28N2/c1-2-14(12-6-4-3-5-7-12)16-13-8-10-15-11-9-13/h12-16H,2-11H2,1H3. The Labute approximate surface area is 101 Å². The fourth-order valence-corrected chi connectivity index (χ4v) is 3.42. The molecule has 1 aliphatic carbocycles. The highest BCUT2D eigenvalue weighted by Gasteiger charge is 2.24. The van der Waals surface area contributed by atoms with Gasteiger partial charge in [-0.2, -0.15) is 0 Å². The molecule has 1 saturated carbocycles. The van der Waals surface area contributed by atoms with Gasteiger partial charge in [0.25, 0.3) is 0 Å². The van der Waals surface area contributed by atoms with Crippen molar-refractivity contribution in [3.8, 4) is 0 Å². The van der Waals surface area contributed by atoms with E-state index in [1.807, 2.05) is 0 Å². The molecule has 94 valence electrons. The third-order valence-corrected chi connectivity index (χ3v) is 4.45. The Bertz CT molecular complexity index is 181. The van der Waals surface area contributed by atoms with Crippen molar-refractivity contribution in [3.63, 3.8) is 0 Å². The minimum Gasteiger partial charge on any atom is -0.317 e. The number of rotatable bonds is 4. The van der Waals surface area contributed by atoms with Crippen LogP contribution in [0.15, 0.2) is 0 Å². The molecule has 1 aliphatic heterocycles. The smallest absolute Gasteiger partial charge is 0.00953 e. The predicted molar refractivity (Wildman–Crippen MR) is 69.7 cm³/mol. The largest absolute Gasteiger partial charge is 0.317 e. The zero-order valence-electron chi connectivity index (χ0n) is 10.8. The summed E-state index contributed by atoms with van der Waals surface area (Å²) in [4.78, 5) is 0. The van der Waals surface area contributed by atoms with Crippen molar-refractivity contribution in [2.75, 3.05) is 13.1 Å². The van der Waals surface area contributed by atoms with Crippen molar-refractivity contribution in [2.24, 2.45) is 5.92 Å². The highest BCUT2D eigenvalue weighted by atomic mass is 15.0. The minimum absolute atomic E-state index is 0.785. The van der Waals surface area contributed by atoms with Gasteiger partial charge in [0, 0.05) is 12.1 Å². The zero-order valence-corrected chi connectivity index (χ0v) is 10.8. The lowest BCUT2D eigenvalue weighted by atomic mass is 9.82. The molecule has 2 heteroatoms. The Hall–Kier alpha value is -0.0800. The molecule has 1 unspecified atom stereocenters. The van der Waals surface area contributed by atoms with Crippen molar-refractivity contribution in [1.82, 2.24) is 10.6 Å². The van der Waals surface area contributed by atoms with Crippen LogP contribution in [0.5, 0.6) is 0 Å². The maximum atomic E-state index is 3.94. The molecule has 0 amide bonds. The average molecular weight is 224 g/mol. The van der Waals surface area contributed by atoms with Gasteiger partial charge in [-0.15, -0.1) is 0 Å². The van der Waals surface area contributed by atoms with Gasteiger partial charge in [0.05, 0.1) is 0 Å². The van der Waals surface area contributed by atoms with Crippen LogP contribution >= 0.6 is 0 Å². The lowest BCUT2D eigenvalue weighted by Crippen LogP contribution is -2.47. The molecule has 2 N–H and O–H groups in total. The summed E-state index contributed by atoms with van der Waals surface area (Å²) in [5.74, 6) is 0.966. The van der Waals surface area contributed by atoms with E-state index < -0.39 is 0 Å². The first-order valence-corrected chi connectivity index (χ1v) is 7.37. The minimum atomic E-state index is 0.785. The van der Waals surface area contributed by atoms with E-state index in [0.717, 1.165) is 18.0 Å². The Balaban J connectivity index is 1.78. The molecule has 2 nitrogen and oxygen atoms in total. The summed E-state index contributed by atoms with van der Waals surface area (Å²) < 4.78 is 0. The molecule has 1 saturated heterocycles. The molecule has 2 fully saturated rings. The second-order valence-electron chi connectivity index (χ2n) is 5.60. The van der Waals surface area contributed by atoms with Gasteiger partial charge in [-0.3, -0.25) is 0 Å². The van der Waals surface area contributed by atoms with Crippen molar-refractivity contribution >= 4 is 0 Å². The van der Waals surface area contributed by atoms with Gasteiger partial charge < -0.3 is 10.6 Å². The molecular formula is C14H28N2. The topological polar surface area (TPSA) is 24.1 Å². The molecule has 0 aromatic heterocycles. The summed E-state index contributed by atoms with van der Waals surface area (Å²) in [6, 6.07) is 1.58.